The number of thiophene rings is 1. The van der Waals surface area contributed by atoms with E-state index >= 15 is 0 Å². The first-order valence-electron chi connectivity index (χ1n) is 9.87. The molecule has 1 unspecified atom stereocenters. The van der Waals surface area contributed by atoms with Crippen LogP contribution in [0.3, 0.4) is 0 Å². The van der Waals surface area contributed by atoms with Crippen LogP contribution in [0.5, 0.6) is 0 Å². The number of nitro groups is 1. The van der Waals surface area contributed by atoms with E-state index in [1.54, 1.807) is 25.1 Å². The topological polar surface area (TPSA) is 113 Å². The van der Waals surface area contributed by atoms with Gasteiger partial charge in [-0.05, 0) is 30.0 Å². The average molecular weight is 486 g/mol. The number of ether oxygens (including phenoxy) is 2. The molecule has 4 rings (SSSR count). The number of benzene rings is 1. The lowest BCUT2D eigenvalue weighted by Gasteiger charge is -2.23. The molecule has 0 amide bonds. The number of allylic oxidation sites excluding steroid dienone is 1. The third-order valence-corrected chi connectivity index (χ3v) is 6.86. The summed E-state index contributed by atoms with van der Waals surface area (Å²) in [5, 5.41) is 13.0. The maximum absolute atomic E-state index is 13.4. The zero-order valence-corrected chi connectivity index (χ0v) is 19.4. The molecule has 2 aromatic heterocycles. The van der Waals surface area contributed by atoms with E-state index in [1.165, 1.54) is 46.5 Å². The van der Waals surface area contributed by atoms with Crippen molar-refractivity contribution in [3.05, 3.63) is 93.3 Å². The molecule has 0 fully saturated rings. The molecule has 0 saturated carbocycles. The summed E-state index contributed by atoms with van der Waals surface area (Å²) in [7, 11) is 1.51. The van der Waals surface area contributed by atoms with Crippen LogP contribution in [0.1, 0.15) is 23.4 Å². The lowest BCUT2D eigenvalue weighted by atomic mass is 10.0. The maximum atomic E-state index is 13.4. The predicted molar refractivity (Wildman–Crippen MR) is 124 cm³/mol. The second-order valence-corrected chi connectivity index (χ2v) is 9.07. The number of hydrogen-bond acceptors (Lipinski definition) is 9. The molecule has 0 bridgehead atoms. The van der Waals surface area contributed by atoms with Crippen molar-refractivity contribution in [1.82, 2.24) is 4.57 Å². The Kier molecular flexibility index (Phi) is 6.63. The van der Waals surface area contributed by atoms with Gasteiger partial charge in [-0.25, -0.2) is 9.79 Å². The van der Waals surface area contributed by atoms with Gasteiger partial charge in [0.15, 0.2) is 4.80 Å². The summed E-state index contributed by atoms with van der Waals surface area (Å²) in [4.78, 5) is 42.7. The smallest absolute Gasteiger partial charge is 0.338 e. The fraction of sp³-hybridized carbons (Fsp3) is 0.227. The normalized spacial score (nSPS) is 15.8. The summed E-state index contributed by atoms with van der Waals surface area (Å²) in [6.07, 6.45) is 1.60. The number of aromatic nitrogens is 1. The van der Waals surface area contributed by atoms with Crippen LogP contribution < -0.4 is 14.9 Å². The summed E-state index contributed by atoms with van der Waals surface area (Å²) >= 11 is 2.59. The molecule has 1 aromatic carbocycles. The lowest BCUT2D eigenvalue weighted by molar-refractivity contribution is -0.384. The Bertz CT molecular complexity index is 1420. The van der Waals surface area contributed by atoms with Crippen LogP contribution >= 0.6 is 22.7 Å². The standard InChI is InChI=1S/C22H19N3O6S2/c1-13-18(21(27)31-9-8-30-2)19(16-7-4-10-32-16)24-20(26)17(33-22(24)23-13)12-14-5-3-6-15(11-14)25(28)29/h3-7,10-12,19H,8-9H2,1-2H3. The first kappa shape index (κ1) is 22.8. The summed E-state index contributed by atoms with van der Waals surface area (Å²) in [6.45, 7) is 2.05. The van der Waals surface area contributed by atoms with Gasteiger partial charge in [-0.3, -0.25) is 19.5 Å². The zero-order chi connectivity index (χ0) is 23.5. The Morgan fingerprint density at radius 1 is 1.30 bits per heavy atom. The van der Waals surface area contributed by atoms with Crippen molar-refractivity contribution >= 4 is 40.4 Å². The number of nitro benzene ring substituents is 1. The molecule has 0 N–H and O–H groups in total. The van der Waals surface area contributed by atoms with Gasteiger partial charge in [0.2, 0.25) is 0 Å². The third-order valence-electron chi connectivity index (χ3n) is 4.95. The number of methoxy groups -OCH3 is 1. The highest BCUT2D eigenvalue weighted by Crippen LogP contribution is 2.33. The van der Waals surface area contributed by atoms with Crippen molar-refractivity contribution in [2.45, 2.75) is 13.0 Å². The maximum Gasteiger partial charge on any atom is 0.338 e. The fourth-order valence-electron chi connectivity index (χ4n) is 3.47. The van der Waals surface area contributed by atoms with Crippen LogP contribution in [0, 0.1) is 10.1 Å². The van der Waals surface area contributed by atoms with E-state index in [0.29, 0.717) is 26.2 Å². The Balaban J connectivity index is 1.85. The van der Waals surface area contributed by atoms with Gasteiger partial charge in [-0.2, -0.15) is 0 Å². The minimum absolute atomic E-state index is 0.0649. The molecule has 1 aliphatic rings. The highest BCUT2D eigenvalue weighted by Gasteiger charge is 2.34. The van der Waals surface area contributed by atoms with Crippen LogP contribution in [-0.4, -0.2) is 35.8 Å². The molecule has 11 heteroatoms. The Morgan fingerprint density at radius 2 is 2.12 bits per heavy atom. The fourth-order valence-corrected chi connectivity index (χ4v) is 5.34. The number of rotatable bonds is 7. The monoisotopic (exact) mass is 485 g/mol. The van der Waals surface area contributed by atoms with Crippen LogP contribution in [0.4, 0.5) is 5.69 Å². The summed E-state index contributed by atoms with van der Waals surface area (Å²) < 4.78 is 12.1. The molecule has 33 heavy (non-hydrogen) atoms. The molecule has 0 spiro atoms. The van der Waals surface area contributed by atoms with Crippen LogP contribution in [0.25, 0.3) is 6.08 Å². The van der Waals surface area contributed by atoms with Crippen molar-refractivity contribution in [2.24, 2.45) is 4.99 Å². The summed E-state index contributed by atoms with van der Waals surface area (Å²) in [6, 6.07) is 9.07. The van der Waals surface area contributed by atoms with Gasteiger partial charge in [0.05, 0.1) is 27.3 Å². The Labute approximate surface area is 195 Å². The molecule has 170 valence electrons. The number of hydrogen-bond donors (Lipinski definition) is 0. The van der Waals surface area contributed by atoms with E-state index in [4.69, 9.17) is 9.47 Å². The molecule has 0 saturated heterocycles. The molecular formula is C22H19N3O6S2. The number of non-ortho nitro benzene ring substituents is 1. The third kappa shape index (κ3) is 4.56. The van der Waals surface area contributed by atoms with Crippen LogP contribution in [0.15, 0.2) is 62.8 Å². The van der Waals surface area contributed by atoms with E-state index in [2.05, 4.69) is 4.99 Å². The van der Waals surface area contributed by atoms with Gasteiger partial charge in [0.1, 0.15) is 12.6 Å². The molecule has 1 atom stereocenters. The minimum atomic E-state index is -0.677. The molecule has 3 aromatic rings. The van der Waals surface area contributed by atoms with Gasteiger partial charge < -0.3 is 9.47 Å². The minimum Gasteiger partial charge on any atom is -0.460 e. The van der Waals surface area contributed by atoms with E-state index in [9.17, 15) is 19.7 Å². The summed E-state index contributed by atoms with van der Waals surface area (Å²) in [5.41, 5.74) is 0.891. The van der Waals surface area contributed by atoms with Gasteiger partial charge >= 0.3 is 5.97 Å². The highest BCUT2D eigenvalue weighted by atomic mass is 32.1. The number of thiazole rings is 1. The van der Waals surface area contributed by atoms with Crippen molar-refractivity contribution in [1.29, 1.82) is 0 Å². The van der Waals surface area contributed by atoms with Crippen molar-refractivity contribution in [3.8, 4) is 0 Å². The predicted octanol–water partition coefficient (Wildman–Crippen LogP) is 2.39. The number of esters is 1. The van der Waals surface area contributed by atoms with Gasteiger partial charge in [0, 0.05) is 24.1 Å². The van der Waals surface area contributed by atoms with Crippen LogP contribution in [0.2, 0.25) is 0 Å². The second kappa shape index (κ2) is 9.61. The van der Waals surface area contributed by atoms with Gasteiger partial charge in [-0.1, -0.05) is 29.5 Å². The van der Waals surface area contributed by atoms with Crippen molar-refractivity contribution in [3.63, 3.8) is 0 Å². The van der Waals surface area contributed by atoms with E-state index < -0.39 is 16.9 Å². The quantitative estimate of drug-likeness (QED) is 0.220. The summed E-state index contributed by atoms with van der Waals surface area (Å²) in [5.74, 6) is -0.556. The number of fused-ring (bicyclic) bond motifs is 1. The van der Waals surface area contributed by atoms with E-state index in [-0.39, 0.29) is 24.5 Å². The molecule has 0 aliphatic carbocycles. The van der Waals surface area contributed by atoms with Crippen molar-refractivity contribution in [2.75, 3.05) is 20.3 Å². The first-order chi connectivity index (χ1) is 15.9. The van der Waals surface area contributed by atoms with Crippen LogP contribution in [-0.2, 0) is 14.3 Å². The number of carbonyl (C=O) groups is 1. The van der Waals surface area contributed by atoms with Crippen molar-refractivity contribution < 1.29 is 19.2 Å². The average Bonchev–Trinajstić information content (AvgIpc) is 3.42. The van der Waals surface area contributed by atoms with E-state index in [1.807, 2.05) is 17.5 Å². The van der Waals surface area contributed by atoms with Gasteiger partial charge in [-0.15, -0.1) is 11.3 Å². The molecule has 0 radical (unpaired) electrons. The lowest BCUT2D eigenvalue weighted by Crippen LogP contribution is -2.39. The first-order valence-corrected chi connectivity index (χ1v) is 11.6. The highest BCUT2D eigenvalue weighted by molar-refractivity contribution is 7.10. The molecule has 1 aliphatic heterocycles. The molecule has 3 heterocycles. The molecule has 9 nitrogen and oxygen atoms in total. The van der Waals surface area contributed by atoms with E-state index in [0.717, 1.165) is 4.88 Å². The SMILES string of the molecule is COCCOC(=O)C1=C(C)N=c2sc(=Cc3cccc([N+](=O)[O-])c3)c(=O)n2C1c1cccs1. The number of carbonyl (C=O) groups excluding carboxylic acids is 1. The van der Waals surface area contributed by atoms with Gasteiger partial charge in [0.25, 0.3) is 11.2 Å². The zero-order valence-electron chi connectivity index (χ0n) is 17.7. The Hall–Kier alpha value is -3.41. The Morgan fingerprint density at radius 3 is 2.82 bits per heavy atom. The molecular weight excluding hydrogens is 466 g/mol. The second-order valence-electron chi connectivity index (χ2n) is 7.08. The number of nitrogens with zero attached hydrogens (tertiary/aromatic N) is 3. The largest absolute Gasteiger partial charge is 0.460 e.